The number of rotatable bonds is 3. The molecule has 98 valence electrons. The van der Waals surface area contributed by atoms with E-state index >= 15 is 0 Å². The minimum Gasteiger partial charge on any atom is -0.476 e. The molecule has 1 aromatic carbocycles. The first-order valence-corrected chi connectivity index (χ1v) is 5.52. The van der Waals surface area contributed by atoms with Crippen LogP contribution in [0.15, 0.2) is 22.6 Å². The summed E-state index contributed by atoms with van der Waals surface area (Å²) in [6.45, 7) is 1.80. The summed E-state index contributed by atoms with van der Waals surface area (Å²) >= 11 is 5.93. The lowest BCUT2D eigenvalue weighted by Gasteiger charge is -1.99. The van der Waals surface area contributed by atoms with Gasteiger partial charge in [-0.1, -0.05) is 17.7 Å². The summed E-state index contributed by atoms with van der Waals surface area (Å²) < 4.78 is 4.97. The highest BCUT2D eigenvalue weighted by molar-refractivity contribution is 6.31. The topological polar surface area (TPSA) is 101 Å². The Morgan fingerprint density at radius 2 is 1.95 bits per heavy atom. The third-order valence-corrected chi connectivity index (χ3v) is 2.85. The van der Waals surface area contributed by atoms with E-state index in [1.54, 1.807) is 19.1 Å². The molecule has 0 amide bonds. The Labute approximate surface area is 112 Å². The number of carboxylic acids is 2. The summed E-state index contributed by atoms with van der Waals surface area (Å²) in [4.78, 5) is 25.4. The Balaban J connectivity index is 2.57. The predicted molar refractivity (Wildman–Crippen MR) is 65.6 cm³/mol. The largest absolute Gasteiger partial charge is 0.476 e. The summed E-state index contributed by atoms with van der Waals surface area (Å²) in [6.07, 6.45) is 0. The van der Waals surface area contributed by atoms with Crippen LogP contribution in [0.25, 0.3) is 11.5 Å². The van der Waals surface area contributed by atoms with Gasteiger partial charge in [-0.2, -0.15) is 0 Å². The summed E-state index contributed by atoms with van der Waals surface area (Å²) in [5, 5.41) is 18.2. The van der Waals surface area contributed by atoms with Gasteiger partial charge in [0.15, 0.2) is 0 Å². The van der Waals surface area contributed by atoms with Gasteiger partial charge in [0.1, 0.15) is 0 Å². The van der Waals surface area contributed by atoms with E-state index in [9.17, 15) is 9.59 Å². The highest BCUT2D eigenvalue weighted by Gasteiger charge is 2.25. The van der Waals surface area contributed by atoms with E-state index in [4.69, 9.17) is 26.2 Å². The molecule has 0 aliphatic carbocycles. The number of carboxylic acid groups (broad SMARTS) is 2. The average molecular weight is 282 g/mol. The molecule has 0 saturated carbocycles. The van der Waals surface area contributed by atoms with Crippen LogP contribution in [0.2, 0.25) is 5.02 Å². The van der Waals surface area contributed by atoms with Crippen molar-refractivity contribution in [3.63, 3.8) is 0 Å². The van der Waals surface area contributed by atoms with Crippen LogP contribution in [0.5, 0.6) is 0 Å². The fourth-order valence-corrected chi connectivity index (χ4v) is 1.64. The van der Waals surface area contributed by atoms with Crippen LogP contribution in [0, 0.1) is 6.92 Å². The molecule has 6 nitrogen and oxygen atoms in total. The van der Waals surface area contributed by atoms with Gasteiger partial charge in [0.2, 0.25) is 17.3 Å². The Bertz CT molecular complexity index is 645. The Kier molecular flexibility index (Phi) is 3.26. The maximum Gasteiger partial charge on any atom is 0.374 e. The van der Waals surface area contributed by atoms with Gasteiger partial charge in [0.05, 0.1) is 0 Å². The molecular formula is C12H8ClNO5. The van der Waals surface area contributed by atoms with Crippen LogP contribution >= 0.6 is 11.6 Å². The number of nitrogens with zero attached hydrogens (tertiary/aromatic N) is 1. The standard InChI is InChI=1S/C12H8ClNO5/c1-5-2-3-6(4-7(5)13)10-14-8(11(15)16)9(19-10)12(17)18/h2-4H,1H3,(H,15,16)(H,17,18). The molecule has 0 fully saturated rings. The number of oxazole rings is 1. The van der Waals surface area contributed by atoms with Gasteiger partial charge in [0.25, 0.3) is 0 Å². The maximum absolute atomic E-state index is 10.9. The Morgan fingerprint density at radius 1 is 1.26 bits per heavy atom. The van der Waals surface area contributed by atoms with Crippen LogP contribution in [-0.4, -0.2) is 27.1 Å². The molecule has 0 spiro atoms. The molecule has 0 unspecified atom stereocenters. The monoisotopic (exact) mass is 281 g/mol. The highest BCUT2D eigenvalue weighted by Crippen LogP contribution is 2.26. The zero-order valence-electron chi connectivity index (χ0n) is 9.68. The van der Waals surface area contributed by atoms with Crippen LogP contribution < -0.4 is 0 Å². The number of carbonyl (C=O) groups is 2. The van der Waals surface area contributed by atoms with E-state index in [0.29, 0.717) is 10.6 Å². The van der Waals surface area contributed by atoms with Crippen molar-refractivity contribution < 1.29 is 24.2 Å². The number of benzene rings is 1. The number of aromatic carboxylic acids is 2. The molecule has 1 aromatic heterocycles. The second-order valence-corrected chi connectivity index (χ2v) is 4.18. The van der Waals surface area contributed by atoms with Crippen LogP contribution in [0.4, 0.5) is 0 Å². The minimum atomic E-state index is -1.49. The third-order valence-electron chi connectivity index (χ3n) is 2.44. The summed E-state index contributed by atoms with van der Waals surface area (Å²) in [6, 6.07) is 4.84. The zero-order chi connectivity index (χ0) is 14.2. The summed E-state index contributed by atoms with van der Waals surface area (Å²) in [5.41, 5.74) is 0.596. The van der Waals surface area contributed by atoms with Gasteiger partial charge in [-0.15, -0.1) is 0 Å². The molecule has 7 heteroatoms. The van der Waals surface area contributed by atoms with Crippen molar-refractivity contribution in [3.8, 4) is 11.5 Å². The first-order chi connectivity index (χ1) is 8.90. The highest BCUT2D eigenvalue weighted by atomic mass is 35.5. The lowest BCUT2D eigenvalue weighted by atomic mass is 10.1. The van der Waals surface area contributed by atoms with Crippen LogP contribution in [-0.2, 0) is 0 Å². The Morgan fingerprint density at radius 3 is 2.42 bits per heavy atom. The van der Waals surface area contributed by atoms with Crippen molar-refractivity contribution in [2.24, 2.45) is 0 Å². The van der Waals surface area contributed by atoms with Gasteiger partial charge in [-0.25, -0.2) is 14.6 Å². The molecule has 2 N–H and O–H groups in total. The van der Waals surface area contributed by atoms with Gasteiger partial charge in [-0.05, 0) is 24.6 Å². The van der Waals surface area contributed by atoms with E-state index in [-0.39, 0.29) is 5.89 Å². The molecule has 1 heterocycles. The second-order valence-electron chi connectivity index (χ2n) is 3.77. The molecule has 19 heavy (non-hydrogen) atoms. The molecule has 0 radical (unpaired) electrons. The maximum atomic E-state index is 10.9. The Hall–Kier alpha value is -2.34. The molecule has 0 atom stereocenters. The number of aromatic nitrogens is 1. The van der Waals surface area contributed by atoms with Crippen molar-refractivity contribution in [1.82, 2.24) is 4.98 Å². The number of hydrogen-bond acceptors (Lipinski definition) is 4. The van der Waals surface area contributed by atoms with Crippen molar-refractivity contribution in [1.29, 1.82) is 0 Å². The van der Waals surface area contributed by atoms with Crippen molar-refractivity contribution in [3.05, 3.63) is 40.2 Å². The van der Waals surface area contributed by atoms with Gasteiger partial charge in [0, 0.05) is 10.6 Å². The smallest absolute Gasteiger partial charge is 0.374 e. The van der Waals surface area contributed by atoms with Crippen LogP contribution in [0.1, 0.15) is 26.6 Å². The molecule has 0 bridgehead atoms. The van der Waals surface area contributed by atoms with Gasteiger partial charge < -0.3 is 14.6 Å². The average Bonchev–Trinajstić information content (AvgIpc) is 2.78. The fourth-order valence-electron chi connectivity index (χ4n) is 1.46. The molecule has 0 saturated heterocycles. The summed E-state index contributed by atoms with van der Waals surface area (Å²) in [7, 11) is 0. The minimum absolute atomic E-state index is 0.100. The SMILES string of the molecule is Cc1ccc(-c2nc(C(=O)O)c(C(=O)O)o2)cc1Cl. The van der Waals surface area contributed by atoms with E-state index in [1.165, 1.54) is 6.07 Å². The number of hydrogen-bond donors (Lipinski definition) is 2. The third kappa shape index (κ3) is 2.43. The second kappa shape index (κ2) is 4.74. The quantitative estimate of drug-likeness (QED) is 0.897. The lowest BCUT2D eigenvalue weighted by Crippen LogP contribution is -2.05. The van der Waals surface area contributed by atoms with Crippen LogP contribution in [0.3, 0.4) is 0 Å². The normalized spacial score (nSPS) is 10.4. The molecule has 2 rings (SSSR count). The van der Waals surface area contributed by atoms with Crippen molar-refractivity contribution in [2.45, 2.75) is 6.92 Å². The van der Waals surface area contributed by atoms with Crippen molar-refractivity contribution >= 4 is 23.5 Å². The fraction of sp³-hybridized carbons (Fsp3) is 0.0833. The molecule has 2 aromatic rings. The van der Waals surface area contributed by atoms with Gasteiger partial charge in [-0.3, -0.25) is 0 Å². The van der Waals surface area contributed by atoms with Gasteiger partial charge >= 0.3 is 11.9 Å². The van der Waals surface area contributed by atoms with Crippen molar-refractivity contribution in [2.75, 3.05) is 0 Å². The summed E-state index contributed by atoms with van der Waals surface area (Å²) in [5.74, 6) is -3.77. The molecule has 0 aliphatic rings. The zero-order valence-corrected chi connectivity index (χ0v) is 10.4. The van der Waals surface area contributed by atoms with E-state index in [2.05, 4.69) is 4.98 Å². The molecule has 0 aliphatic heterocycles. The van der Waals surface area contributed by atoms with E-state index in [1.807, 2.05) is 0 Å². The first kappa shape index (κ1) is 13.1. The first-order valence-electron chi connectivity index (χ1n) is 5.14. The van der Waals surface area contributed by atoms with E-state index in [0.717, 1.165) is 5.56 Å². The lowest BCUT2D eigenvalue weighted by molar-refractivity contribution is 0.0624. The van der Waals surface area contributed by atoms with E-state index < -0.39 is 23.4 Å². The predicted octanol–water partition coefficient (Wildman–Crippen LogP) is 2.70. The number of halogens is 1. The molecular weight excluding hydrogens is 274 g/mol. The number of aryl methyl sites for hydroxylation is 1.